The van der Waals surface area contributed by atoms with Crippen LogP contribution in [0.15, 0.2) is 36.8 Å². The lowest BCUT2D eigenvalue weighted by molar-refractivity contribution is 1.06. The molecule has 1 heterocycles. The van der Waals surface area contributed by atoms with E-state index in [9.17, 15) is 0 Å². The summed E-state index contributed by atoms with van der Waals surface area (Å²) >= 11 is 2.22. The van der Waals surface area contributed by atoms with E-state index >= 15 is 0 Å². The van der Waals surface area contributed by atoms with Crippen LogP contribution >= 0.6 is 22.6 Å². The SMILES string of the molecule is Cc1ccccc1CNc1ncncc1I. The summed E-state index contributed by atoms with van der Waals surface area (Å²) in [6.07, 6.45) is 3.36. The molecule has 3 nitrogen and oxygen atoms in total. The summed E-state index contributed by atoms with van der Waals surface area (Å²) in [6, 6.07) is 8.33. The van der Waals surface area contributed by atoms with Crippen molar-refractivity contribution in [3.8, 4) is 0 Å². The molecule has 0 radical (unpaired) electrons. The van der Waals surface area contributed by atoms with E-state index in [2.05, 4.69) is 63.0 Å². The zero-order valence-electron chi connectivity index (χ0n) is 8.94. The van der Waals surface area contributed by atoms with Crippen LogP contribution in [-0.2, 0) is 6.54 Å². The lowest BCUT2D eigenvalue weighted by atomic mass is 10.1. The van der Waals surface area contributed by atoms with Crippen molar-refractivity contribution in [3.05, 3.63) is 51.5 Å². The molecule has 0 bridgehead atoms. The maximum absolute atomic E-state index is 4.19. The van der Waals surface area contributed by atoms with E-state index in [0.717, 1.165) is 15.9 Å². The number of nitrogens with zero attached hydrogens (tertiary/aromatic N) is 2. The molecule has 0 aliphatic rings. The lowest BCUT2D eigenvalue weighted by Gasteiger charge is -2.08. The van der Waals surface area contributed by atoms with Crippen molar-refractivity contribution in [2.45, 2.75) is 13.5 Å². The highest BCUT2D eigenvalue weighted by molar-refractivity contribution is 14.1. The Morgan fingerprint density at radius 2 is 2.12 bits per heavy atom. The molecule has 0 saturated heterocycles. The van der Waals surface area contributed by atoms with Crippen molar-refractivity contribution in [1.29, 1.82) is 0 Å². The second-order valence-electron chi connectivity index (χ2n) is 3.50. The van der Waals surface area contributed by atoms with E-state index < -0.39 is 0 Å². The first kappa shape index (κ1) is 11.3. The van der Waals surface area contributed by atoms with Crippen molar-refractivity contribution in [2.24, 2.45) is 0 Å². The highest BCUT2D eigenvalue weighted by atomic mass is 127. The second kappa shape index (κ2) is 5.25. The van der Waals surface area contributed by atoms with E-state index in [1.54, 1.807) is 12.5 Å². The van der Waals surface area contributed by atoms with Crippen LogP contribution in [-0.4, -0.2) is 9.97 Å². The third-order valence-corrected chi connectivity index (χ3v) is 3.16. The molecule has 16 heavy (non-hydrogen) atoms. The molecule has 2 aromatic rings. The van der Waals surface area contributed by atoms with Gasteiger partial charge in [-0.1, -0.05) is 24.3 Å². The molecule has 0 fully saturated rings. The van der Waals surface area contributed by atoms with E-state index in [1.807, 2.05) is 6.07 Å². The molecule has 0 aliphatic carbocycles. The number of hydrogen-bond acceptors (Lipinski definition) is 3. The van der Waals surface area contributed by atoms with Gasteiger partial charge in [0.25, 0.3) is 0 Å². The Bertz CT molecular complexity index is 440. The standard InChI is InChI=1S/C12H12IN3/c1-9-4-2-3-5-10(9)6-15-12-11(13)7-14-8-16-12/h2-5,7-8H,6H2,1H3,(H,14,15,16). The molecule has 4 heteroatoms. The van der Waals surface area contributed by atoms with Gasteiger partial charge in [0.15, 0.2) is 0 Å². The first-order chi connectivity index (χ1) is 7.77. The van der Waals surface area contributed by atoms with Gasteiger partial charge < -0.3 is 5.32 Å². The quantitative estimate of drug-likeness (QED) is 0.882. The largest absolute Gasteiger partial charge is 0.365 e. The van der Waals surface area contributed by atoms with Gasteiger partial charge in [-0.3, -0.25) is 0 Å². The monoisotopic (exact) mass is 325 g/mol. The van der Waals surface area contributed by atoms with Gasteiger partial charge in [-0.15, -0.1) is 0 Å². The number of anilines is 1. The van der Waals surface area contributed by atoms with Crippen LogP contribution in [0.2, 0.25) is 0 Å². The van der Waals surface area contributed by atoms with E-state index in [4.69, 9.17) is 0 Å². The van der Waals surface area contributed by atoms with Gasteiger partial charge in [0.2, 0.25) is 0 Å². The van der Waals surface area contributed by atoms with Gasteiger partial charge in [0.1, 0.15) is 12.1 Å². The number of nitrogens with one attached hydrogen (secondary N) is 1. The van der Waals surface area contributed by atoms with Gasteiger partial charge >= 0.3 is 0 Å². The van der Waals surface area contributed by atoms with Crippen molar-refractivity contribution in [1.82, 2.24) is 9.97 Å². The van der Waals surface area contributed by atoms with Crippen molar-refractivity contribution < 1.29 is 0 Å². The number of hydrogen-bond donors (Lipinski definition) is 1. The molecule has 0 spiro atoms. The number of aryl methyl sites for hydroxylation is 1. The Kier molecular flexibility index (Phi) is 3.71. The first-order valence-electron chi connectivity index (χ1n) is 5.01. The second-order valence-corrected chi connectivity index (χ2v) is 4.66. The summed E-state index contributed by atoms with van der Waals surface area (Å²) < 4.78 is 1.04. The van der Waals surface area contributed by atoms with Crippen molar-refractivity contribution >= 4 is 28.4 Å². The van der Waals surface area contributed by atoms with Gasteiger partial charge in [-0.2, -0.15) is 0 Å². The molecule has 0 saturated carbocycles. The molecule has 0 amide bonds. The Hall–Kier alpha value is -1.17. The average molecular weight is 325 g/mol. The van der Waals surface area contributed by atoms with E-state index in [-0.39, 0.29) is 0 Å². The molecule has 0 unspecified atom stereocenters. The molecule has 0 atom stereocenters. The number of halogens is 1. The van der Waals surface area contributed by atoms with Crippen LogP contribution in [0, 0.1) is 10.5 Å². The van der Waals surface area contributed by atoms with Gasteiger partial charge in [-0.25, -0.2) is 9.97 Å². The van der Waals surface area contributed by atoms with E-state index in [0.29, 0.717) is 0 Å². The Morgan fingerprint density at radius 3 is 2.88 bits per heavy atom. The Morgan fingerprint density at radius 1 is 1.31 bits per heavy atom. The van der Waals surface area contributed by atoms with Gasteiger partial charge in [0, 0.05) is 12.7 Å². The van der Waals surface area contributed by atoms with Crippen LogP contribution < -0.4 is 5.32 Å². The van der Waals surface area contributed by atoms with Crippen molar-refractivity contribution in [3.63, 3.8) is 0 Å². The van der Waals surface area contributed by atoms with Crippen LogP contribution in [0.3, 0.4) is 0 Å². The fraction of sp³-hybridized carbons (Fsp3) is 0.167. The fourth-order valence-corrected chi connectivity index (χ4v) is 1.92. The maximum atomic E-state index is 4.19. The minimum Gasteiger partial charge on any atom is -0.365 e. The highest BCUT2D eigenvalue weighted by Crippen LogP contribution is 2.14. The topological polar surface area (TPSA) is 37.8 Å². The number of benzene rings is 1. The normalized spacial score (nSPS) is 10.1. The molecule has 2 rings (SSSR count). The smallest absolute Gasteiger partial charge is 0.143 e. The predicted molar refractivity (Wildman–Crippen MR) is 73.3 cm³/mol. The molecule has 1 N–H and O–H groups in total. The summed E-state index contributed by atoms with van der Waals surface area (Å²) in [5.41, 5.74) is 2.58. The van der Waals surface area contributed by atoms with E-state index in [1.165, 1.54) is 11.1 Å². The summed E-state index contributed by atoms with van der Waals surface area (Å²) in [4.78, 5) is 8.15. The molecule has 1 aromatic heterocycles. The first-order valence-corrected chi connectivity index (χ1v) is 6.09. The number of aromatic nitrogens is 2. The summed E-state index contributed by atoms with van der Waals surface area (Å²) in [5.74, 6) is 0.888. The minimum atomic E-state index is 0.791. The van der Waals surface area contributed by atoms with Crippen molar-refractivity contribution in [2.75, 3.05) is 5.32 Å². The minimum absolute atomic E-state index is 0.791. The van der Waals surface area contributed by atoms with Crippen LogP contribution in [0.4, 0.5) is 5.82 Å². The molecule has 1 aromatic carbocycles. The average Bonchev–Trinajstić information content (AvgIpc) is 2.30. The summed E-state index contributed by atoms with van der Waals surface area (Å²) in [7, 11) is 0. The van der Waals surface area contributed by atoms with Crippen LogP contribution in [0.5, 0.6) is 0 Å². The number of rotatable bonds is 3. The molecular weight excluding hydrogens is 313 g/mol. The fourth-order valence-electron chi connectivity index (χ4n) is 1.43. The molecular formula is C12H12IN3. The summed E-state index contributed by atoms with van der Waals surface area (Å²) in [6.45, 7) is 2.90. The highest BCUT2D eigenvalue weighted by Gasteiger charge is 2.01. The predicted octanol–water partition coefficient (Wildman–Crippen LogP) is 3.00. The molecule has 82 valence electrons. The zero-order valence-corrected chi connectivity index (χ0v) is 11.1. The zero-order chi connectivity index (χ0) is 11.4. The lowest BCUT2D eigenvalue weighted by Crippen LogP contribution is -2.04. The maximum Gasteiger partial charge on any atom is 0.143 e. The third kappa shape index (κ3) is 2.69. The third-order valence-electron chi connectivity index (χ3n) is 2.38. The van der Waals surface area contributed by atoms with Crippen LogP contribution in [0.1, 0.15) is 11.1 Å². The van der Waals surface area contributed by atoms with Crippen LogP contribution in [0.25, 0.3) is 0 Å². The Balaban J connectivity index is 2.09. The molecule has 0 aliphatic heterocycles. The summed E-state index contributed by atoms with van der Waals surface area (Å²) in [5, 5.41) is 3.31. The van der Waals surface area contributed by atoms with Gasteiger partial charge in [-0.05, 0) is 40.6 Å². The Labute approximate surface area is 108 Å². The van der Waals surface area contributed by atoms with Gasteiger partial charge in [0.05, 0.1) is 3.57 Å².